The Kier molecular flexibility index (Phi) is 6.34. The van der Waals surface area contributed by atoms with E-state index in [1.807, 2.05) is 44.2 Å². The van der Waals surface area contributed by atoms with Gasteiger partial charge < -0.3 is 28.5 Å². The van der Waals surface area contributed by atoms with Crippen LogP contribution in [-0.4, -0.2) is 56.5 Å². The third-order valence-corrected chi connectivity index (χ3v) is 10.7. The van der Waals surface area contributed by atoms with Gasteiger partial charge in [0.15, 0.2) is 26.0 Å². The highest BCUT2D eigenvalue weighted by Gasteiger charge is 2.66. The van der Waals surface area contributed by atoms with Gasteiger partial charge in [0.25, 0.3) is 0 Å². The zero-order valence-electron chi connectivity index (χ0n) is 18.7. The second-order valence-corrected chi connectivity index (χ2v) is 14.9. The molecule has 1 unspecified atom stereocenters. The molecule has 0 radical (unpaired) electrons. The lowest BCUT2D eigenvalue weighted by Crippen LogP contribution is -2.54. The molecule has 3 rings (SSSR count). The van der Waals surface area contributed by atoms with Crippen molar-refractivity contribution in [2.45, 2.75) is 89.2 Å². The molecule has 0 bridgehead atoms. The first-order chi connectivity index (χ1) is 13.4. The fourth-order valence-electron chi connectivity index (χ4n) is 3.57. The summed E-state index contributed by atoms with van der Waals surface area (Å²) < 4.78 is 30.5. The SMILES string of the molecule is CC1(C)O[C@@H]2[C@@H](COCc3ccccc3)OC(O)[C@]2(CO[Si](C)(C)C(C)(C)C)O1. The summed E-state index contributed by atoms with van der Waals surface area (Å²) in [5.41, 5.74) is 0.0299. The molecular weight excluding hydrogens is 388 g/mol. The first kappa shape index (κ1) is 22.9. The molecule has 2 fully saturated rings. The molecule has 0 aromatic heterocycles. The van der Waals surface area contributed by atoms with Crippen molar-refractivity contribution in [1.82, 2.24) is 0 Å². The highest BCUT2D eigenvalue weighted by Crippen LogP contribution is 2.48. The van der Waals surface area contributed by atoms with Crippen LogP contribution in [0.1, 0.15) is 40.2 Å². The van der Waals surface area contributed by atoms with Crippen molar-refractivity contribution in [3.63, 3.8) is 0 Å². The Morgan fingerprint density at radius 1 is 1.14 bits per heavy atom. The third-order valence-electron chi connectivity index (χ3n) is 6.25. The minimum atomic E-state index is -2.04. The average Bonchev–Trinajstić information content (AvgIpc) is 3.03. The van der Waals surface area contributed by atoms with E-state index in [9.17, 15) is 5.11 Å². The highest BCUT2D eigenvalue weighted by atomic mass is 28.4. The van der Waals surface area contributed by atoms with Crippen LogP contribution in [0.2, 0.25) is 18.1 Å². The molecule has 0 saturated carbocycles. The van der Waals surface area contributed by atoms with Crippen molar-refractivity contribution in [2.75, 3.05) is 13.2 Å². The van der Waals surface area contributed by atoms with Gasteiger partial charge >= 0.3 is 0 Å². The molecule has 4 atom stereocenters. The summed E-state index contributed by atoms with van der Waals surface area (Å²) in [7, 11) is -2.04. The lowest BCUT2D eigenvalue weighted by molar-refractivity contribution is -0.254. The number of aliphatic hydroxyl groups excluding tert-OH is 1. The monoisotopic (exact) mass is 424 g/mol. The van der Waals surface area contributed by atoms with Gasteiger partial charge in [0.2, 0.25) is 0 Å². The largest absolute Gasteiger partial charge is 0.414 e. The van der Waals surface area contributed by atoms with E-state index in [0.717, 1.165) is 5.56 Å². The van der Waals surface area contributed by atoms with E-state index in [1.54, 1.807) is 0 Å². The van der Waals surface area contributed by atoms with E-state index < -0.39 is 38.2 Å². The van der Waals surface area contributed by atoms with Crippen molar-refractivity contribution in [1.29, 1.82) is 0 Å². The Hall–Kier alpha value is -0.803. The summed E-state index contributed by atoms with van der Waals surface area (Å²) >= 11 is 0. The Balaban J connectivity index is 1.70. The Bertz CT molecular complexity index is 686. The van der Waals surface area contributed by atoms with E-state index in [-0.39, 0.29) is 11.6 Å². The first-order valence-electron chi connectivity index (χ1n) is 10.3. The fourth-order valence-corrected chi connectivity index (χ4v) is 4.58. The maximum absolute atomic E-state index is 10.8. The number of hydrogen-bond acceptors (Lipinski definition) is 6. The lowest BCUT2D eigenvalue weighted by Gasteiger charge is -2.39. The number of benzene rings is 1. The lowest BCUT2D eigenvalue weighted by atomic mass is 9.96. The second kappa shape index (κ2) is 8.03. The van der Waals surface area contributed by atoms with E-state index >= 15 is 0 Å². The van der Waals surface area contributed by atoms with Gasteiger partial charge in [0.1, 0.15) is 12.2 Å². The minimum Gasteiger partial charge on any atom is -0.414 e. The van der Waals surface area contributed by atoms with Crippen LogP contribution < -0.4 is 0 Å². The van der Waals surface area contributed by atoms with Crippen molar-refractivity contribution >= 4 is 8.32 Å². The van der Waals surface area contributed by atoms with Gasteiger partial charge in [0.05, 0.1) is 19.8 Å². The smallest absolute Gasteiger partial charge is 0.192 e. The maximum Gasteiger partial charge on any atom is 0.192 e. The number of hydrogen-bond donors (Lipinski definition) is 1. The van der Waals surface area contributed by atoms with Crippen molar-refractivity contribution in [3.05, 3.63) is 35.9 Å². The maximum atomic E-state index is 10.8. The van der Waals surface area contributed by atoms with Crippen LogP contribution in [0.15, 0.2) is 30.3 Å². The molecule has 0 amide bonds. The summed E-state index contributed by atoms with van der Waals surface area (Å²) in [6.07, 6.45) is -2.03. The van der Waals surface area contributed by atoms with Gasteiger partial charge in [-0.3, -0.25) is 0 Å². The first-order valence-corrected chi connectivity index (χ1v) is 13.2. The standard InChI is InChI=1S/C22H36O6Si/c1-20(2,3)29(6,7)25-15-22-18(27-21(4,5)28-22)17(26-19(22)23)14-24-13-16-11-9-8-10-12-16/h8-12,17-19,23H,13-15H2,1-7H3/t17-,18-,19?,22-/m1/s1. The quantitative estimate of drug-likeness (QED) is 0.671. The van der Waals surface area contributed by atoms with Crippen LogP contribution in [0.3, 0.4) is 0 Å². The number of ether oxygens (including phenoxy) is 4. The number of rotatable bonds is 7. The summed E-state index contributed by atoms with van der Waals surface area (Å²) in [6.45, 7) is 15.6. The Morgan fingerprint density at radius 2 is 1.79 bits per heavy atom. The molecule has 7 heteroatoms. The van der Waals surface area contributed by atoms with Gasteiger partial charge in [-0.15, -0.1) is 0 Å². The van der Waals surface area contributed by atoms with Crippen LogP contribution in [-0.2, 0) is 30.0 Å². The molecule has 29 heavy (non-hydrogen) atoms. The number of fused-ring (bicyclic) bond motifs is 1. The van der Waals surface area contributed by atoms with Crippen molar-refractivity contribution in [2.24, 2.45) is 0 Å². The van der Waals surface area contributed by atoms with Crippen molar-refractivity contribution < 1.29 is 28.5 Å². The molecule has 1 aromatic carbocycles. The zero-order valence-corrected chi connectivity index (χ0v) is 19.7. The molecular formula is C22H36O6Si. The van der Waals surface area contributed by atoms with E-state index in [4.69, 9.17) is 23.4 Å². The predicted octanol–water partition coefficient (Wildman–Crippen LogP) is 3.83. The Labute approximate surface area is 175 Å². The molecule has 2 saturated heterocycles. The molecule has 164 valence electrons. The minimum absolute atomic E-state index is 0.0523. The number of aliphatic hydroxyl groups is 1. The summed E-state index contributed by atoms with van der Waals surface area (Å²) in [6, 6.07) is 9.96. The molecule has 2 aliphatic rings. The molecule has 2 aliphatic heterocycles. The molecule has 2 heterocycles. The summed E-state index contributed by atoms with van der Waals surface area (Å²) in [4.78, 5) is 0. The molecule has 0 aliphatic carbocycles. The topological polar surface area (TPSA) is 66.4 Å². The molecule has 1 N–H and O–H groups in total. The van der Waals surface area contributed by atoms with Gasteiger partial charge in [-0.2, -0.15) is 0 Å². The van der Waals surface area contributed by atoms with Gasteiger partial charge in [-0.25, -0.2) is 0 Å². The third kappa shape index (κ3) is 4.77. The van der Waals surface area contributed by atoms with Crippen LogP contribution in [0.25, 0.3) is 0 Å². The average molecular weight is 425 g/mol. The van der Waals surface area contributed by atoms with Gasteiger partial charge in [-0.1, -0.05) is 51.1 Å². The van der Waals surface area contributed by atoms with Crippen LogP contribution >= 0.6 is 0 Å². The molecule has 0 spiro atoms. The normalized spacial score (nSPS) is 31.8. The van der Waals surface area contributed by atoms with E-state index in [1.165, 1.54) is 0 Å². The Morgan fingerprint density at radius 3 is 2.41 bits per heavy atom. The summed E-state index contributed by atoms with van der Waals surface area (Å²) in [5, 5.41) is 10.9. The van der Waals surface area contributed by atoms with Crippen LogP contribution in [0, 0.1) is 0 Å². The van der Waals surface area contributed by atoms with Gasteiger partial charge in [-0.05, 0) is 37.5 Å². The molecule has 1 aromatic rings. The fraction of sp³-hybridized carbons (Fsp3) is 0.727. The summed E-state index contributed by atoms with van der Waals surface area (Å²) in [5.74, 6) is -0.829. The van der Waals surface area contributed by atoms with Crippen LogP contribution in [0.5, 0.6) is 0 Å². The zero-order chi connectivity index (χ0) is 21.5. The predicted molar refractivity (Wildman–Crippen MR) is 113 cm³/mol. The van der Waals surface area contributed by atoms with Crippen LogP contribution in [0.4, 0.5) is 0 Å². The van der Waals surface area contributed by atoms with Gasteiger partial charge in [0, 0.05) is 0 Å². The van der Waals surface area contributed by atoms with E-state index in [0.29, 0.717) is 13.2 Å². The highest BCUT2D eigenvalue weighted by molar-refractivity contribution is 6.74. The molecule has 6 nitrogen and oxygen atoms in total. The second-order valence-electron chi connectivity index (χ2n) is 10.1. The van der Waals surface area contributed by atoms with E-state index in [2.05, 4.69) is 33.9 Å². The van der Waals surface area contributed by atoms with Crippen molar-refractivity contribution in [3.8, 4) is 0 Å².